The molecule has 3 nitrogen and oxygen atoms in total. The van der Waals surface area contributed by atoms with Gasteiger partial charge in [-0.25, -0.2) is 0 Å². The topological polar surface area (TPSA) is 44.3 Å². The smallest absolute Gasteiger partial charge is 0.0847 e. The van der Waals surface area contributed by atoms with Gasteiger partial charge in [-0.3, -0.25) is 0 Å². The summed E-state index contributed by atoms with van der Waals surface area (Å²) in [5, 5.41) is 15.4. The van der Waals surface area contributed by atoms with E-state index in [0.29, 0.717) is 6.54 Å². The fourth-order valence-corrected chi connectivity index (χ4v) is 1.25. The predicted octanol–water partition coefficient (Wildman–Crippen LogP) is 1.74. The van der Waals surface area contributed by atoms with Gasteiger partial charge in [0.2, 0.25) is 0 Å². The number of aliphatic hydroxyl groups is 1. The van der Waals surface area contributed by atoms with E-state index in [1.165, 1.54) is 0 Å². The molecule has 0 fully saturated rings. The van der Waals surface area contributed by atoms with Gasteiger partial charge in [-0.2, -0.15) is 0 Å². The van der Waals surface area contributed by atoms with E-state index < -0.39 is 6.10 Å². The van der Waals surface area contributed by atoms with Crippen molar-refractivity contribution in [2.75, 3.05) is 30.1 Å². The lowest BCUT2D eigenvalue weighted by atomic mass is 10.2. The van der Waals surface area contributed by atoms with Crippen LogP contribution in [0.2, 0.25) is 0 Å². The van der Waals surface area contributed by atoms with Gasteiger partial charge in [0.15, 0.2) is 0 Å². The summed E-state index contributed by atoms with van der Waals surface area (Å²) in [6.45, 7) is 0.461. The van der Waals surface area contributed by atoms with E-state index in [4.69, 9.17) is 11.6 Å². The molecule has 1 rings (SSSR count). The third-order valence-electron chi connectivity index (χ3n) is 1.90. The quantitative estimate of drug-likeness (QED) is 0.655. The number of aliphatic hydroxyl groups excluding tert-OH is 1. The van der Waals surface area contributed by atoms with Crippen LogP contribution in [0.15, 0.2) is 24.3 Å². The second-order valence-electron chi connectivity index (χ2n) is 2.98. The lowest BCUT2D eigenvalue weighted by molar-refractivity contribution is 0.211. The average molecular weight is 215 g/mol. The molecule has 78 valence electrons. The molecule has 0 aromatic heterocycles. The van der Waals surface area contributed by atoms with Gasteiger partial charge in [-0.15, -0.1) is 11.6 Å². The summed E-state index contributed by atoms with van der Waals surface area (Å²) in [5.41, 5.74) is 1.98. The molecule has 1 unspecified atom stereocenters. The maximum Gasteiger partial charge on any atom is 0.0847 e. The Morgan fingerprint density at radius 2 is 2.00 bits per heavy atom. The lowest BCUT2D eigenvalue weighted by Crippen LogP contribution is -2.21. The van der Waals surface area contributed by atoms with Crippen LogP contribution in [0.4, 0.5) is 11.4 Å². The summed E-state index contributed by atoms with van der Waals surface area (Å²) in [5.74, 6) is 0.245. The fraction of sp³-hybridized carbons (Fsp3) is 0.400. The highest BCUT2D eigenvalue weighted by Crippen LogP contribution is 2.19. The van der Waals surface area contributed by atoms with Crippen molar-refractivity contribution in [2.24, 2.45) is 0 Å². The Kier molecular flexibility index (Phi) is 4.56. The second-order valence-corrected chi connectivity index (χ2v) is 3.29. The van der Waals surface area contributed by atoms with Gasteiger partial charge in [0.1, 0.15) is 0 Å². The van der Waals surface area contributed by atoms with Crippen molar-refractivity contribution >= 4 is 23.0 Å². The number of benzene rings is 1. The van der Waals surface area contributed by atoms with Gasteiger partial charge < -0.3 is 15.7 Å². The molecule has 1 aromatic carbocycles. The average Bonchev–Trinajstić information content (AvgIpc) is 2.26. The number of nitrogens with one attached hydrogen (secondary N) is 2. The normalized spacial score (nSPS) is 12.2. The van der Waals surface area contributed by atoms with E-state index in [1.807, 2.05) is 31.3 Å². The summed E-state index contributed by atoms with van der Waals surface area (Å²) in [6, 6.07) is 7.81. The highest BCUT2D eigenvalue weighted by Gasteiger charge is 2.03. The molecule has 1 aromatic rings. The zero-order valence-corrected chi connectivity index (χ0v) is 8.88. The minimum absolute atomic E-state index is 0.245. The lowest BCUT2D eigenvalue weighted by Gasteiger charge is -2.13. The first kappa shape index (κ1) is 11.1. The summed E-state index contributed by atoms with van der Waals surface area (Å²) in [4.78, 5) is 0. The van der Waals surface area contributed by atoms with E-state index in [0.717, 1.165) is 11.4 Å². The predicted molar refractivity (Wildman–Crippen MR) is 61.2 cm³/mol. The van der Waals surface area contributed by atoms with Crippen LogP contribution in [0, 0.1) is 0 Å². The Bertz CT molecular complexity index is 281. The molecule has 14 heavy (non-hydrogen) atoms. The van der Waals surface area contributed by atoms with Gasteiger partial charge in [0.05, 0.1) is 23.4 Å². The molecule has 0 heterocycles. The maximum absolute atomic E-state index is 9.27. The maximum atomic E-state index is 9.27. The fourth-order valence-electron chi connectivity index (χ4n) is 1.14. The highest BCUT2D eigenvalue weighted by atomic mass is 35.5. The number of rotatable bonds is 5. The molecule has 4 heteroatoms. The Morgan fingerprint density at radius 3 is 2.57 bits per heavy atom. The van der Waals surface area contributed by atoms with Crippen LogP contribution >= 0.6 is 11.6 Å². The zero-order chi connectivity index (χ0) is 10.4. The van der Waals surface area contributed by atoms with Crippen LogP contribution in [-0.2, 0) is 0 Å². The molecule has 0 amide bonds. The van der Waals surface area contributed by atoms with Crippen molar-refractivity contribution in [2.45, 2.75) is 6.10 Å². The zero-order valence-electron chi connectivity index (χ0n) is 8.13. The number of anilines is 2. The largest absolute Gasteiger partial charge is 0.390 e. The summed E-state index contributed by atoms with van der Waals surface area (Å²) in [7, 11) is 1.86. The van der Waals surface area contributed by atoms with Crippen molar-refractivity contribution in [3.8, 4) is 0 Å². The van der Waals surface area contributed by atoms with Crippen LogP contribution in [0.3, 0.4) is 0 Å². The summed E-state index contributed by atoms with van der Waals surface area (Å²) in [6.07, 6.45) is -0.512. The number of para-hydroxylation sites is 2. The standard InChI is InChI=1S/C10H15ClN2O/c1-12-9-4-2-3-5-10(9)13-7-8(14)6-11/h2-5,8,12-14H,6-7H2,1H3. The molecule has 0 aliphatic heterocycles. The molecule has 0 aliphatic carbocycles. The third-order valence-corrected chi connectivity index (χ3v) is 2.26. The van der Waals surface area contributed by atoms with E-state index in [1.54, 1.807) is 0 Å². The van der Waals surface area contributed by atoms with Gasteiger partial charge in [0.25, 0.3) is 0 Å². The van der Waals surface area contributed by atoms with Crippen LogP contribution in [0.1, 0.15) is 0 Å². The van der Waals surface area contributed by atoms with Crippen molar-refractivity contribution in [3.63, 3.8) is 0 Å². The van der Waals surface area contributed by atoms with Crippen molar-refractivity contribution in [3.05, 3.63) is 24.3 Å². The van der Waals surface area contributed by atoms with E-state index >= 15 is 0 Å². The van der Waals surface area contributed by atoms with Gasteiger partial charge >= 0.3 is 0 Å². The number of hydrogen-bond donors (Lipinski definition) is 3. The molecular formula is C10H15ClN2O. The van der Waals surface area contributed by atoms with Crippen LogP contribution < -0.4 is 10.6 Å². The molecule has 0 saturated carbocycles. The van der Waals surface area contributed by atoms with E-state index in [9.17, 15) is 5.11 Å². The van der Waals surface area contributed by atoms with Crippen LogP contribution in [-0.4, -0.2) is 30.7 Å². The molecule has 0 saturated heterocycles. The van der Waals surface area contributed by atoms with Crippen LogP contribution in [0.5, 0.6) is 0 Å². The third kappa shape index (κ3) is 3.09. The summed E-state index contributed by atoms with van der Waals surface area (Å²) < 4.78 is 0. The Labute approximate surface area is 89.1 Å². The first-order valence-corrected chi connectivity index (χ1v) is 5.06. The molecule has 0 bridgehead atoms. The Morgan fingerprint density at radius 1 is 1.36 bits per heavy atom. The molecule has 0 spiro atoms. The van der Waals surface area contributed by atoms with Crippen molar-refractivity contribution in [1.29, 1.82) is 0 Å². The monoisotopic (exact) mass is 214 g/mol. The van der Waals surface area contributed by atoms with E-state index in [2.05, 4.69) is 10.6 Å². The Balaban J connectivity index is 2.57. The minimum Gasteiger partial charge on any atom is -0.390 e. The minimum atomic E-state index is -0.512. The molecule has 1 atom stereocenters. The van der Waals surface area contributed by atoms with Crippen LogP contribution in [0.25, 0.3) is 0 Å². The first-order chi connectivity index (χ1) is 6.77. The highest BCUT2D eigenvalue weighted by molar-refractivity contribution is 6.18. The Hall–Kier alpha value is -0.930. The molecule has 0 radical (unpaired) electrons. The number of hydrogen-bond acceptors (Lipinski definition) is 3. The second kappa shape index (κ2) is 5.73. The molecular weight excluding hydrogens is 200 g/mol. The SMILES string of the molecule is CNc1ccccc1NCC(O)CCl. The van der Waals surface area contributed by atoms with Crippen molar-refractivity contribution < 1.29 is 5.11 Å². The molecule has 0 aliphatic rings. The molecule has 3 N–H and O–H groups in total. The summed E-state index contributed by atoms with van der Waals surface area (Å²) >= 11 is 5.49. The van der Waals surface area contributed by atoms with Gasteiger partial charge in [0, 0.05) is 13.6 Å². The first-order valence-electron chi connectivity index (χ1n) is 4.52. The number of halogens is 1. The van der Waals surface area contributed by atoms with E-state index in [-0.39, 0.29) is 5.88 Å². The van der Waals surface area contributed by atoms with Gasteiger partial charge in [-0.05, 0) is 12.1 Å². The van der Waals surface area contributed by atoms with Crippen molar-refractivity contribution in [1.82, 2.24) is 0 Å². The number of alkyl halides is 1. The van der Waals surface area contributed by atoms with Gasteiger partial charge in [-0.1, -0.05) is 12.1 Å².